The lowest BCUT2D eigenvalue weighted by atomic mass is 9.99. The third-order valence-corrected chi connectivity index (χ3v) is 3.63. The molecule has 5 nitrogen and oxygen atoms in total. The first kappa shape index (κ1) is 15.5. The summed E-state index contributed by atoms with van der Waals surface area (Å²) in [5, 5.41) is 6.06. The molecule has 1 aromatic rings. The quantitative estimate of drug-likeness (QED) is 0.741. The monoisotopic (exact) mass is 290 g/mol. The number of nitrogens with one attached hydrogen (secondary N) is 2. The van der Waals surface area contributed by atoms with Crippen LogP contribution >= 0.6 is 0 Å². The minimum atomic E-state index is -0.410. The van der Waals surface area contributed by atoms with Crippen molar-refractivity contribution in [3.8, 4) is 0 Å². The zero-order valence-electron chi connectivity index (χ0n) is 12.5. The topological polar surface area (TPSA) is 67.4 Å². The molecule has 0 radical (unpaired) electrons. The van der Waals surface area contributed by atoms with Crippen molar-refractivity contribution in [2.75, 3.05) is 13.7 Å². The largest absolute Gasteiger partial charge is 0.469 e. The van der Waals surface area contributed by atoms with Crippen LogP contribution in [0.5, 0.6) is 0 Å². The van der Waals surface area contributed by atoms with Gasteiger partial charge in [0.1, 0.15) is 0 Å². The maximum absolute atomic E-state index is 11.9. The molecule has 1 aliphatic rings. The number of hydrogen-bond donors (Lipinski definition) is 2. The second-order valence-electron chi connectivity index (χ2n) is 5.40. The lowest BCUT2D eigenvalue weighted by molar-refractivity contribution is -0.142. The maximum Gasteiger partial charge on any atom is 0.314 e. The fourth-order valence-corrected chi connectivity index (χ4v) is 2.11. The van der Waals surface area contributed by atoms with Crippen LogP contribution in [0.4, 0.5) is 0 Å². The van der Waals surface area contributed by atoms with Crippen LogP contribution in [-0.4, -0.2) is 37.6 Å². The van der Waals surface area contributed by atoms with Gasteiger partial charge in [-0.25, -0.2) is 0 Å². The first-order chi connectivity index (χ1) is 10.1. The maximum atomic E-state index is 11.9. The Hall–Kier alpha value is -1.88. The van der Waals surface area contributed by atoms with Crippen LogP contribution in [0.1, 0.15) is 31.2 Å². The number of rotatable bonds is 7. The van der Waals surface area contributed by atoms with E-state index in [0.717, 1.165) is 18.4 Å². The van der Waals surface area contributed by atoms with E-state index in [1.54, 1.807) is 6.92 Å². The van der Waals surface area contributed by atoms with Crippen LogP contribution in [0.15, 0.2) is 30.3 Å². The number of hydrogen-bond acceptors (Lipinski definition) is 4. The van der Waals surface area contributed by atoms with Crippen LogP contribution < -0.4 is 10.6 Å². The Morgan fingerprint density at radius 3 is 2.52 bits per heavy atom. The van der Waals surface area contributed by atoms with Gasteiger partial charge in [0, 0.05) is 12.6 Å². The van der Waals surface area contributed by atoms with Crippen molar-refractivity contribution in [1.82, 2.24) is 10.6 Å². The van der Waals surface area contributed by atoms with Crippen molar-refractivity contribution in [2.24, 2.45) is 0 Å². The molecule has 0 heterocycles. The summed E-state index contributed by atoms with van der Waals surface area (Å²) in [4.78, 5) is 23.8. The third kappa shape index (κ3) is 4.56. The normalized spacial score (nSPS) is 16.9. The summed E-state index contributed by atoms with van der Waals surface area (Å²) in [7, 11) is 1.38. The summed E-state index contributed by atoms with van der Waals surface area (Å²) in [5.41, 5.74) is 0.881. The first-order valence-electron chi connectivity index (χ1n) is 7.28. The highest BCUT2D eigenvalue weighted by Crippen LogP contribution is 2.19. The molecule has 0 spiro atoms. The predicted octanol–water partition coefficient (Wildman–Crippen LogP) is 1.20. The molecule has 5 heteroatoms. The van der Waals surface area contributed by atoms with Gasteiger partial charge in [-0.15, -0.1) is 0 Å². The smallest absolute Gasteiger partial charge is 0.314 e. The van der Waals surface area contributed by atoms with Crippen molar-refractivity contribution in [3.05, 3.63) is 35.9 Å². The highest BCUT2D eigenvalue weighted by molar-refractivity contribution is 5.82. The van der Waals surface area contributed by atoms with E-state index < -0.39 is 5.92 Å². The van der Waals surface area contributed by atoms with Crippen LogP contribution in [0.3, 0.4) is 0 Å². The summed E-state index contributed by atoms with van der Waals surface area (Å²) in [6.07, 6.45) is 2.13. The molecular formula is C16H22N2O3. The van der Waals surface area contributed by atoms with Crippen molar-refractivity contribution in [2.45, 2.75) is 37.8 Å². The lowest BCUT2D eigenvalue weighted by Gasteiger charge is -2.19. The molecule has 2 unspecified atom stereocenters. The molecule has 1 aromatic carbocycles. The molecule has 0 saturated heterocycles. The van der Waals surface area contributed by atoms with Gasteiger partial charge < -0.3 is 15.4 Å². The van der Waals surface area contributed by atoms with Crippen molar-refractivity contribution in [3.63, 3.8) is 0 Å². The molecule has 0 aromatic heterocycles. The number of methoxy groups -OCH3 is 1. The SMILES string of the molecule is COC(=O)C(CNC(C)C(=O)NC1CC1)c1ccccc1. The molecule has 0 aliphatic heterocycles. The standard InChI is InChI=1S/C16H22N2O3/c1-11(15(19)18-13-8-9-13)17-10-14(16(20)21-2)12-6-4-3-5-7-12/h3-7,11,13-14,17H,8-10H2,1-2H3,(H,18,19). The number of esters is 1. The highest BCUT2D eigenvalue weighted by atomic mass is 16.5. The highest BCUT2D eigenvalue weighted by Gasteiger charge is 2.27. The molecule has 1 saturated carbocycles. The van der Waals surface area contributed by atoms with E-state index in [1.807, 2.05) is 30.3 Å². The Morgan fingerprint density at radius 2 is 1.95 bits per heavy atom. The van der Waals surface area contributed by atoms with Gasteiger partial charge in [-0.05, 0) is 25.3 Å². The Balaban J connectivity index is 1.92. The molecule has 0 bridgehead atoms. The predicted molar refractivity (Wildman–Crippen MR) is 79.8 cm³/mol. The Morgan fingerprint density at radius 1 is 1.29 bits per heavy atom. The molecule has 21 heavy (non-hydrogen) atoms. The van der Waals surface area contributed by atoms with Gasteiger partial charge in [0.2, 0.25) is 5.91 Å². The molecule has 1 amide bonds. The van der Waals surface area contributed by atoms with Crippen LogP contribution in [0, 0.1) is 0 Å². The van der Waals surface area contributed by atoms with Gasteiger partial charge in [-0.2, -0.15) is 0 Å². The summed E-state index contributed by atoms with van der Waals surface area (Å²) in [6.45, 7) is 2.17. The third-order valence-electron chi connectivity index (χ3n) is 3.63. The summed E-state index contributed by atoms with van der Waals surface area (Å²) >= 11 is 0. The van der Waals surface area contributed by atoms with Gasteiger partial charge in [-0.1, -0.05) is 30.3 Å². The summed E-state index contributed by atoms with van der Waals surface area (Å²) < 4.78 is 4.85. The van der Waals surface area contributed by atoms with E-state index in [4.69, 9.17) is 4.74 Å². The van der Waals surface area contributed by atoms with Gasteiger partial charge in [0.05, 0.1) is 19.1 Å². The Bertz CT molecular complexity index is 486. The molecular weight excluding hydrogens is 268 g/mol. The van der Waals surface area contributed by atoms with Gasteiger partial charge >= 0.3 is 5.97 Å². The second kappa shape index (κ2) is 7.22. The van der Waals surface area contributed by atoms with Gasteiger partial charge in [0.15, 0.2) is 0 Å². The fourth-order valence-electron chi connectivity index (χ4n) is 2.11. The average molecular weight is 290 g/mol. The minimum absolute atomic E-state index is 0.0193. The van der Waals surface area contributed by atoms with E-state index in [9.17, 15) is 9.59 Å². The van der Waals surface area contributed by atoms with Crippen LogP contribution in [-0.2, 0) is 14.3 Å². The van der Waals surface area contributed by atoms with E-state index in [2.05, 4.69) is 10.6 Å². The minimum Gasteiger partial charge on any atom is -0.469 e. The zero-order valence-corrected chi connectivity index (χ0v) is 12.5. The van der Waals surface area contributed by atoms with E-state index in [-0.39, 0.29) is 17.9 Å². The van der Waals surface area contributed by atoms with Gasteiger partial charge in [0.25, 0.3) is 0 Å². The molecule has 1 aliphatic carbocycles. The second-order valence-corrected chi connectivity index (χ2v) is 5.40. The van der Waals surface area contributed by atoms with E-state index in [1.165, 1.54) is 7.11 Å². The lowest BCUT2D eigenvalue weighted by Crippen LogP contribution is -2.45. The van der Waals surface area contributed by atoms with E-state index >= 15 is 0 Å². The number of carbonyl (C=O) groups excluding carboxylic acids is 2. The first-order valence-corrected chi connectivity index (χ1v) is 7.28. The number of benzene rings is 1. The van der Waals surface area contributed by atoms with Gasteiger partial charge in [-0.3, -0.25) is 9.59 Å². The average Bonchev–Trinajstić information content (AvgIpc) is 3.31. The Kier molecular flexibility index (Phi) is 5.33. The van der Waals surface area contributed by atoms with Crippen LogP contribution in [0.2, 0.25) is 0 Å². The van der Waals surface area contributed by atoms with Crippen molar-refractivity contribution >= 4 is 11.9 Å². The molecule has 2 atom stereocenters. The number of ether oxygens (including phenoxy) is 1. The van der Waals surface area contributed by atoms with Crippen LogP contribution in [0.25, 0.3) is 0 Å². The summed E-state index contributed by atoms with van der Waals surface area (Å²) in [6, 6.07) is 9.45. The molecule has 2 N–H and O–H groups in total. The van der Waals surface area contributed by atoms with E-state index in [0.29, 0.717) is 12.6 Å². The zero-order chi connectivity index (χ0) is 15.2. The summed E-state index contributed by atoms with van der Waals surface area (Å²) in [5.74, 6) is -0.731. The fraction of sp³-hybridized carbons (Fsp3) is 0.500. The molecule has 114 valence electrons. The molecule has 2 rings (SSSR count). The number of carbonyl (C=O) groups is 2. The van der Waals surface area contributed by atoms with Crippen molar-refractivity contribution in [1.29, 1.82) is 0 Å². The molecule has 1 fully saturated rings. The van der Waals surface area contributed by atoms with Crippen molar-refractivity contribution < 1.29 is 14.3 Å². The Labute approximate surface area is 125 Å². The number of amides is 1.